The summed E-state index contributed by atoms with van der Waals surface area (Å²) in [6.07, 6.45) is 4.94. The van der Waals surface area contributed by atoms with E-state index < -0.39 is 0 Å². The minimum Gasteiger partial charge on any atom is -0.264 e. The van der Waals surface area contributed by atoms with Crippen LogP contribution in [-0.2, 0) is 11.8 Å². The first-order valence-electron chi connectivity index (χ1n) is 5.89. The number of hydrogen-bond donors (Lipinski definition) is 0. The minimum atomic E-state index is 0.173. The van der Waals surface area contributed by atoms with Gasteiger partial charge in [-0.3, -0.25) is 4.98 Å². The van der Waals surface area contributed by atoms with Crippen molar-refractivity contribution in [1.82, 2.24) is 4.98 Å². The molecule has 0 saturated carbocycles. The zero-order valence-electron chi connectivity index (χ0n) is 10.5. The van der Waals surface area contributed by atoms with Crippen LogP contribution < -0.4 is 0 Å². The lowest BCUT2D eigenvalue weighted by atomic mass is 9.83. The second kappa shape index (κ2) is 3.89. The SMILES string of the molecule is CCc1cc(C(C)(C)C)c2cnccc2c1. The van der Waals surface area contributed by atoms with Gasteiger partial charge in [-0.2, -0.15) is 0 Å². The van der Waals surface area contributed by atoms with Gasteiger partial charge in [-0.15, -0.1) is 0 Å². The van der Waals surface area contributed by atoms with Gasteiger partial charge in [-0.05, 0) is 34.4 Å². The summed E-state index contributed by atoms with van der Waals surface area (Å²) in [7, 11) is 0. The summed E-state index contributed by atoms with van der Waals surface area (Å²) in [5, 5.41) is 2.59. The average Bonchev–Trinajstić information content (AvgIpc) is 2.26. The summed E-state index contributed by atoms with van der Waals surface area (Å²) in [6.45, 7) is 8.98. The molecule has 0 aliphatic carbocycles. The molecule has 0 N–H and O–H groups in total. The molecule has 0 spiro atoms. The standard InChI is InChI=1S/C15H19N/c1-5-11-8-12-6-7-16-10-13(12)14(9-11)15(2,3)4/h6-10H,5H2,1-4H3. The van der Waals surface area contributed by atoms with Gasteiger partial charge in [0, 0.05) is 17.8 Å². The highest BCUT2D eigenvalue weighted by Gasteiger charge is 2.17. The van der Waals surface area contributed by atoms with Crippen LogP contribution in [0.15, 0.2) is 30.6 Å². The predicted octanol–water partition coefficient (Wildman–Crippen LogP) is 4.09. The monoisotopic (exact) mass is 213 g/mol. The van der Waals surface area contributed by atoms with Crippen LogP contribution in [0.2, 0.25) is 0 Å². The topological polar surface area (TPSA) is 12.9 Å². The second-order valence-corrected chi connectivity index (χ2v) is 5.34. The number of benzene rings is 1. The van der Waals surface area contributed by atoms with Crippen molar-refractivity contribution in [2.45, 2.75) is 39.5 Å². The van der Waals surface area contributed by atoms with Crippen LogP contribution in [-0.4, -0.2) is 4.98 Å². The third-order valence-corrected chi connectivity index (χ3v) is 3.03. The van der Waals surface area contributed by atoms with Crippen LogP contribution in [0, 0.1) is 0 Å². The van der Waals surface area contributed by atoms with E-state index in [0.29, 0.717) is 0 Å². The van der Waals surface area contributed by atoms with Crippen molar-refractivity contribution >= 4 is 10.8 Å². The molecule has 1 heteroatoms. The highest BCUT2D eigenvalue weighted by atomic mass is 14.6. The Morgan fingerprint density at radius 3 is 2.56 bits per heavy atom. The van der Waals surface area contributed by atoms with Crippen molar-refractivity contribution in [3.8, 4) is 0 Å². The highest BCUT2D eigenvalue weighted by molar-refractivity contribution is 5.86. The van der Waals surface area contributed by atoms with Crippen LogP contribution in [0.3, 0.4) is 0 Å². The zero-order chi connectivity index (χ0) is 11.8. The highest BCUT2D eigenvalue weighted by Crippen LogP contribution is 2.30. The van der Waals surface area contributed by atoms with Crippen molar-refractivity contribution in [3.05, 3.63) is 41.7 Å². The molecule has 1 nitrogen and oxygen atoms in total. The Hall–Kier alpha value is -1.37. The summed E-state index contributed by atoms with van der Waals surface area (Å²) in [5.74, 6) is 0. The summed E-state index contributed by atoms with van der Waals surface area (Å²) in [6, 6.07) is 6.69. The van der Waals surface area contributed by atoms with Crippen molar-refractivity contribution in [2.75, 3.05) is 0 Å². The molecule has 0 saturated heterocycles. The maximum atomic E-state index is 4.24. The van der Waals surface area contributed by atoms with Crippen LogP contribution in [0.25, 0.3) is 10.8 Å². The molecule has 0 radical (unpaired) electrons. The lowest BCUT2D eigenvalue weighted by Crippen LogP contribution is -2.12. The van der Waals surface area contributed by atoms with Gasteiger partial charge in [-0.1, -0.05) is 39.8 Å². The third-order valence-electron chi connectivity index (χ3n) is 3.03. The first-order valence-corrected chi connectivity index (χ1v) is 5.89. The maximum absolute atomic E-state index is 4.24. The van der Waals surface area contributed by atoms with Gasteiger partial charge in [0.15, 0.2) is 0 Å². The molecule has 2 aromatic rings. The number of aromatic nitrogens is 1. The van der Waals surface area contributed by atoms with E-state index in [9.17, 15) is 0 Å². The molecule has 0 amide bonds. The Morgan fingerprint density at radius 1 is 1.19 bits per heavy atom. The molecule has 1 aromatic heterocycles. The predicted molar refractivity (Wildman–Crippen MR) is 69.8 cm³/mol. The molecule has 0 aliphatic rings. The molecular formula is C15H19N. The summed E-state index contributed by atoms with van der Waals surface area (Å²) >= 11 is 0. The van der Waals surface area contributed by atoms with Gasteiger partial charge in [0.25, 0.3) is 0 Å². The number of pyridine rings is 1. The number of aryl methyl sites for hydroxylation is 1. The van der Waals surface area contributed by atoms with Crippen LogP contribution >= 0.6 is 0 Å². The molecule has 2 rings (SSSR count). The van der Waals surface area contributed by atoms with E-state index in [-0.39, 0.29) is 5.41 Å². The Kier molecular flexibility index (Phi) is 2.71. The van der Waals surface area contributed by atoms with Gasteiger partial charge in [0.05, 0.1) is 0 Å². The molecule has 16 heavy (non-hydrogen) atoms. The van der Waals surface area contributed by atoms with Crippen LogP contribution in [0.1, 0.15) is 38.8 Å². The second-order valence-electron chi connectivity index (χ2n) is 5.34. The van der Waals surface area contributed by atoms with E-state index >= 15 is 0 Å². The minimum absolute atomic E-state index is 0.173. The molecule has 84 valence electrons. The maximum Gasteiger partial charge on any atom is 0.0349 e. The van der Waals surface area contributed by atoms with Gasteiger partial charge in [-0.25, -0.2) is 0 Å². The van der Waals surface area contributed by atoms with Crippen molar-refractivity contribution in [2.24, 2.45) is 0 Å². The Balaban J connectivity index is 2.79. The summed E-state index contributed by atoms with van der Waals surface area (Å²) in [4.78, 5) is 4.24. The average molecular weight is 213 g/mol. The first-order chi connectivity index (χ1) is 7.52. The van der Waals surface area contributed by atoms with Crippen molar-refractivity contribution in [1.29, 1.82) is 0 Å². The first kappa shape index (κ1) is 11.1. The molecule has 1 aromatic carbocycles. The summed E-state index contributed by atoms with van der Waals surface area (Å²) in [5.41, 5.74) is 2.98. The van der Waals surface area contributed by atoms with E-state index in [4.69, 9.17) is 0 Å². The normalized spacial score (nSPS) is 12.0. The smallest absolute Gasteiger partial charge is 0.0349 e. The van der Waals surface area contributed by atoms with E-state index in [0.717, 1.165) is 6.42 Å². The van der Waals surface area contributed by atoms with E-state index in [1.54, 1.807) is 0 Å². The Morgan fingerprint density at radius 2 is 1.94 bits per heavy atom. The lowest BCUT2D eigenvalue weighted by Gasteiger charge is -2.22. The zero-order valence-corrected chi connectivity index (χ0v) is 10.5. The third kappa shape index (κ3) is 1.95. The fraction of sp³-hybridized carbons (Fsp3) is 0.400. The Labute approximate surface area is 97.5 Å². The van der Waals surface area contributed by atoms with Crippen LogP contribution in [0.4, 0.5) is 0 Å². The number of hydrogen-bond acceptors (Lipinski definition) is 1. The van der Waals surface area contributed by atoms with Gasteiger partial charge in [0.1, 0.15) is 0 Å². The summed E-state index contributed by atoms with van der Waals surface area (Å²) < 4.78 is 0. The number of rotatable bonds is 1. The van der Waals surface area contributed by atoms with E-state index in [1.807, 2.05) is 12.4 Å². The fourth-order valence-corrected chi connectivity index (χ4v) is 2.09. The molecule has 0 atom stereocenters. The molecule has 0 bridgehead atoms. The Bertz CT molecular complexity index is 506. The largest absolute Gasteiger partial charge is 0.264 e. The van der Waals surface area contributed by atoms with Crippen molar-refractivity contribution in [3.63, 3.8) is 0 Å². The quantitative estimate of drug-likeness (QED) is 0.695. The molecular weight excluding hydrogens is 194 g/mol. The van der Waals surface area contributed by atoms with E-state index in [1.165, 1.54) is 21.9 Å². The molecule has 0 aliphatic heterocycles. The van der Waals surface area contributed by atoms with Gasteiger partial charge >= 0.3 is 0 Å². The van der Waals surface area contributed by atoms with Crippen LogP contribution in [0.5, 0.6) is 0 Å². The molecule has 0 fully saturated rings. The van der Waals surface area contributed by atoms with Gasteiger partial charge < -0.3 is 0 Å². The molecule has 1 heterocycles. The lowest BCUT2D eigenvalue weighted by molar-refractivity contribution is 0.595. The number of nitrogens with zero attached hydrogens (tertiary/aromatic N) is 1. The van der Waals surface area contributed by atoms with E-state index in [2.05, 4.69) is 50.9 Å². The fourth-order valence-electron chi connectivity index (χ4n) is 2.09. The number of fused-ring (bicyclic) bond motifs is 1. The molecule has 0 unspecified atom stereocenters. The van der Waals surface area contributed by atoms with Gasteiger partial charge in [0.2, 0.25) is 0 Å². The van der Waals surface area contributed by atoms with Crippen molar-refractivity contribution < 1.29 is 0 Å².